The number of hydrogen-bond donors (Lipinski definition) is 0. The lowest BCUT2D eigenvalue weighted by Gasteiger charge is -2.19. The SMILES string of the molecule is Clc1ccc(C(c2ccccc2)c2ccccc2Cl)cn1. The van der Waals surface area contributed by atoms with Crippen LogP contribution in [-0.4, -0.2) is 4.98 Å². The van der Waals surface area contributed by atoms with Gasteiger partial charge in [0, 0.05) is 17.1 Å². The molecule has 3 aromatic rings. The molecule has 0 saturated heterocycles. The summed E-state index contributed by atoms with van der Waals surface area (Å²) in [5.41, 5.74) is 3.31. The van der Waals surface area contributed by atoms with Crippen LogP contribution in [0.2, 0.25) is 10.2 Å². The van der Waals surface area contributed by atoms with Gasteiger partial charge in [-0.15, -0.1) is 0 Å². The minimum atomic E-state index is 0.0460. The maximum absolute atomic E-state index is 6.40. The van der Waals surface area contributed by atoms with Gasteiger partial charge < -0.3 is 0 Å². The van der Waals surface area contributed by atoms with E-state index in [2.05, 4.69) is 23.2 Å². The van der Waals surface area contributed by atoms with E-state index in [0.29, 0.717) is 5.15 Å². The second-order valence-electron chi connectivity index (χ2n) is 4.78. The molecule has 0 fully saturated rings. The standard InChI is InChI=1S/C18H13Cl2N/c19-16-9-5-4-8-15(16)18(13-6-2-1-3-7-13)14-10-11-17(20)21-12-14/h1-12,18H. The zero-order valence-electron chi connectivity index (χ0n) is 11.2. The maximum atomic E-state index is 6.40. The molecule has 1 heterocycles. The van der Waals surface area contributed by atoms with Crippen LogP contribution >= 0.6 is 23.2 Å². The van der Waals surface area contributed by atoms with E-state index in [-0.39, 0.29) is 5.92 Å². The average molecular weight is 314 g/mol. The third-order valence-corrected chi connectivity index (χ3v) is 4.00. The zero-order chi connectivity index (χ0) is 14.7. The van der Waals surface area contributed by atoms with E-state index in [9.17, 15) is 0 Å². The van der Waals surface area contributed by atoms with Gasteiger partial charge in [0.1, 0.15) is 5.15 Å². The molecule has 0 aliphatic carbocycles. The highest BCUT2D eigenvalue weighted by molar-refractivity contribution is 6.31. The van der Waals surface area contributed by atoms with Gasteiger partial charge in [0.15, 0.2) is 0 Å². The van der Waals surface area contributed by atoms with Crippen molar-refractivity contribution in [1.29, 1.82) is 0 Å². The average Bonchev–Trinajstić information content (AvgIpc) is 2.52. The predicted molar refractivity (Wildman–Crippen MR) is 88.1 cm³/mol. The van der Waals surface area contributed by atoms with Crippen molar-refractivity contribution in [3.8, 4) is 0 Å². The molecule has 104 valence electrons. The third kappa shape index (κ3) is 3.10. The molecule has 0 aliphatic rings. The van der Waals surface area contributed by atoms with Gasteiger partial charge in [-0.2, -0.15) is 0 Å². The van der Waals surface area contributed by atoms with Crippen LogP contribution < -0.4 is 0 Å². The number of pyridine rings is 1. The first-order valence-corrected chi connectivity index (χ1v) is 7.42. The molecule has 3 rings (SSSR count). The number of hydrogen-bond acceptors (Lipinski definition) is 1. The van der Waals surface area contributed by atoms with E-state index < -0.39 is 0 Å². The normalized spacial score (nSPS) is 12.1. The summed E-state index contributed by atoms with van der Waals surface area (Å²) in [5.74, 6) is 0.0460. The molecule has 1 unspecified atom stereocenters. The van der Waals surface area contributed by atoms with Crippen LogP contribution in [0.25, 0.3) is 0 Å². The Morgan fingerprint density at radius 2 is 1.43 bits per heavy atom. The molecule has 1 nitrogen and oxygen atoms in total. The van der Waals surface area contributed by atoms with Gasteiger partial charge in [0.25, 0.3) is 0 Å². The monoisotopic (exact) mass is 313 g/mol. The van der Waals surface area contributed by atoms with E-state index in [1.807, 2.05) is 54.7 Å². The Bertz CT molecular complexity index is 724. The molecule has 0 saturated carbocycles. The molecule has 0 radical (unpaired) electrons. The second-order valence-corrected chi connectivity index (χ2v) is 5.57. The fraction of sp³-hybridized carbons (Fsp3) is 0.0556. The molecule has 1 atom stereocenters. The lowest BCUT2D eigenvalue weighted by Crippen LogP contribution is -2.04. The van der Waals surface area contributed by atoms with Crippen LogP contribution in [0.15, 0.2) is 72.9 Å². The van der Waals surface area contributed by atoms with Crippen molar-refractivity contribution in [2.24, 2.45) is 0 Å². The largest absolute Gasteiger partial charge is 0.244 e. The molecule has 0 spiro atoms. The van der Waals surface area contributed by atoms with Crippen molar-refractivity contribution >= 4 is 23.2 Å². The summed E-state index contributed by atoms with van der Waals surface area (Å²) in [6.07, 6.45) is 1.81. The van der Waals surface area contributed by atoms with Gasteiger partial charge in [0.2, 0.25) is 0 Å². The minimum Gasteiger partial charge on any atom is -0.244 e. The van der Waals surface area contributed by atoms with E-state index in [1.165, 1.54) is 5.56 Å². The van der Waals surface area contributed by atoms with Crippen molar-refractivity contribution in [3.63, 3.8) is 0 Å². The summed E-state index contributed by atoms with van der Waals surface area (Å²) in [5, 5.41) is 1.24. The van der Waals surface area contributed by atoms with Crippen molar-refractivity contribution in [3.05, 3.63) is 99.8 Å². The van der Waals surface area contributed by atoms with Gasteiger partial charge in [-0.25, -0.2) is 4.98 Å². The summed E-state index contributed by atoms with van der Waals surface area (Å²) < 4.78 is 0. The molecule has 1 aromatic heterocycles. The van der Waals surface area contributed by atoms with Crippen LogP contribution in [-0.2, 0) is 0 Å². The van der Waals surface area contributed by atoms with Crippen molar-refractivity contribution in [1.82, 2.24) is 4.98 Å². The maximum Gasteiger partial charge on any atom is 0.129 e. The lowest BCUT2D eigenvalue weighted by molar-refractivity contribution is 0.964. The van der Waals surface area contributed by atoms with Gasteiger partial charge in [0.05, 0.1) is 0 Å². The Labute approximate surface area is 134 Å². The van der Waals surface area contributed by atoms with Crippen molar-refractivity contribution in [2.75, 3.05) is 0 Å². The molecular weight excluding hydrogens is 301 g/mol. The highest BCUT2D eigenvalue weighted by Gasteiger charge is 2.19. The Hall–Kier alpha value is -1.83. The highest BCUT2D eigenvalue weighted by Crippen LogP contribution is 2.35. The number of benzene rings is 2. The molecule has 21 heavy (non-hydrogen) atoms. The van der Waals surface area contributed by atoms with Gasteiger partial charge >= 0.3 is 0 Å². The topological polar surface area (TPSA) is 12.9 Å². The summed E-state index contributed by atoms with van der Waals surface area (Å²) >= 11 is 12.3. The highest BCUT2D eigenvalue weighted by atomic mass is 35.5. The summed E-state index contributed by atoms with van der Waals surface area (Å²) in [6.45, 7) is 0. The minimum absolute atomic E-state index is 0.0460. The fourth-order valence-corrected chi connectivity index (χ4v) is 2.82. The molecule has 3 heteroatoms. The van der Waals surface area contributed by atoms with Crippen LogP contribution in [0.1, 0.15) is 22.6 Å². The first-order chi connectivity index (χ1) is 10.3. The molecular formula is C18H13Cl2N. The number of halogens is 2. The van der Waals surface area contributed by atoms with Gasteiger partial charge in [-0.3, -0.25) is 0 Å². The van der Waals surface area contributed by atoms with Crippen molar-refractivity contribution < 1.29 is 0 Å². The molecule has 0 amide bonds. The van der Waals surface area contributed by atoms with Gasteiger partial charge in [-0.1, -0.05) is 77.8 Å². The van der Waals surface area contributed by atoms with Gasteiger partial charge in [-0.05, 0) is 28.8 Å². The quantitative estimate of drug-likeness (QED) is 0.576. The smallest absolute Gasteiger partial charge is 0.129 e. The summed E-state index contributed by atoms with van der Waals surface area (Å²) in [7, 11) is 0. The Balaban J connectivity index is 2.16. The molecule has 2 aromatic carbocycles. The first-order valence-electron chi connectivity index (χ1n) is 6.66. The van der Waals surface area contributed by atoms with Crippen molar-refractivity contribution in [2.45, 2.75) is 5.92 Å². The third-order valence-electron chi connectivity index (χ3n) is 3.43. The first kappa shape index (κ1) is 14.1. The Morgan fingerprint density at radius 1 is 0.714 bits per heavy atom. The second kappa shape index (κ2) is 6.30. The molecule has 0 N–H and O–H groups in total. The summed E-state index contributed by atoms with van der Waals surface area (Å²) in [4.78, 5) is 4.20. The Kier molecular flexibility index (Phi) is 4.23. The van der Waals surface area contributed by atoms with Crippen LogP contribution in [0.4, 0.5) is 0 Å². The number of rotatable bonds is 3. The van der Waals surface area contributed by atoms with E-state index in [0.717, 1.165) is 16.1 Å². The zero-order valence-corrected chi connectivity index (χ0v) is 12.7. The number of nitrogens with zero attached hydrogens (tertiary/aromatic N) is 1. The fourth-order valence-electron chi connectivity index (χ4n) is 2.46. The lowest BCUT2D eigenvalue weighted by atomic mass is 9.86. The van der Waals surface area contributed by atoms with E-state index in [1.54, 1.807) is 0 Å². The van der Waals surface area contributed by atoms with Crippen LogP contribution in [0, 0.1) is 0 Å². The molecule has 0 aliphatic heterocycles. The van der Waals surface area contributed by atoms with E-state index >= 15 is 0 Å². The van der Waals surface area contributed by atoms with Crippen LogP contribution in [0.5, 0.6) is 0 Å². The van der Waals surface area contributed by atoms with E-state index in [4.69, 9.17) is 23.2 Å². The van der Waals surface area contributed by atoms with Crippen LogP contribution in [0.3, 0.4) is 0 Å². The predicted octanol–water partition coefficient (Wildman–Crippen LogP) is 5.57. The molecule has 0 bridgehead atoms. The number of aromatic nitrogens is 1. The summed E-state index contributed by atoms with van der Waals surface area (Å²) in [6, 6.07) is 22.0. The Morgan fingerprint density at radius 3 is 2.10 bits per heavy atom.